The van der Waals surface area contributed by atoms with Crippen LogP contribution in [-0.2, 0) is 19.1 Å². The van der Waals surface area contributed by atoms with Gasteiger partial charge in [-0.1, -0.05) is 33.8 Å². The van der Waals surface area contributed by atoms with Gasteiger partial charge in [0.05, 0.1) is 5.92 Å². The zero-order valence-corrected chi connectivity index (χ0v) is 20.0. The summed E-state index contributed by atoms with van der Waals surface area (Å²) in [7, 11) is 0. The highest BCUT2D eigenvalue weighted by atomic mass is 16.6. The number of hydrogen-bond acceptors (Lipinski definition) is 7. The average Bonchev–Trinajstić information content (AvgIpc) is 3.08. The Bertz CT molecular complexity index is 1030. The van der Waals surface area contributed by atoms with Crippen LogP contribution in [0, 0.1) is 39.9 Å². The number of fused-ring (bicyclic) bond motifs is 1. The van der Waals surface area contributed by atoms with Crippen LogP contribution in [0.5, 0.6) is 0 Å². The summed E-state index contributed by atoms with van der Waals surface area (Å²) in [6.07, 6.45) is 2.63. The number of aliphatic hydroxyl groups is 2. The summed E-state index contributed by atoms with van der Waals surface area (Å²) in [5.74, 6) is -1.04. The maximum atomic E-state index is 12.9. The summed E-state index contributed by atoms with van der Waals surface area (Å²) in [5, 5.41) is 24.5. The van der Waals surface area contributed by atoms with Crippen molar-refractivity contribution in [3.63, 3.8) is 0 Å². The lowest BCUT2D eigenvalue weighted by Crippen LogP contribution is -2.77. The maximum Gasteiger partial charge on any atom is 0.308 e. The maximum absolute atomic E-state index is 12.9. The van der Waals surface area contributed by atoms with Gasteiger partial charge in [0.2, 0.25) is 0 Å². The Kier molecular flexibility index (Phi) is 3.49. The third-order valence-electron chi connectivity index (χ3n) is 11.4. The number of nitrogens with zero attached hydrogens (tertiary/aromatic N) is 1. The van der Waals surface area contributed by atoms with Gasteiger partial charge in [-0.2, -0.15) is 0 Å². The molecule has 12 atom stereocenters. The van der Waals surface area contributed by atoms with Crippen LogP contribution in [0.4, 0.5) is 0 Å². The molecule has 9 bridgehead atoms. The largest absolute Gasteiger partial charge is 0.459 e. The molecule has 9 rings (SSSR count). The van der Waals surface area contributed by atoms with E-state index in [4.69, 9.17) is 9.47 Å². The van der Waals surface area contributed by atoms with Crippen LogP contribution in [0.3, 0.4) is 0 Å². The molecule has 9 fully saturated rings. The fourth-order valence-electron chi connectivity index (χ4n) is 11.3. The van der Waals surface area contributed by atoms with Crippen molar-refractivity contribution in [1.82, 2.24) is 4.90 Å². The molecule has 3 heterocycles. The van der Waals surface area contributed by atoms with Gasteiger partial charge in [0, 0.05) is 48.6 Å². The van der Waals surface area contributed by atoms with E-state index < -0.39 is 34.9 Å². The molecular formula is C26H35NO6. The van der Waals surface area contributed by atoms with E-state index in [-0.39, 0.29) is 46.5 Å². The van der Waals surface area contributed by atoms with E-state index in [1.165, 1.54) is 6.92 Å². The van der Waals surface area contributed by atoms with Gasteiger partial charge in [-0.25, -0.2) is 0 Å². The number of carbonyl (C=O) groups excluding carboxylic acids is 2. The molecule has 3 saturated heterocycles. The van der Waals surface area contributed by atoms with Crippen molar-refractivity contribution in [3.8, 4) is 0 Å². The molecule has 6 aliphatic carbocycles. The first-order valence-corrected chi connectivity index (χ1v) is 12.7. The molecule has 0 aromatic heterocycles. The second-order valence-corrected chi connectivity index (χ2v) is 13.0. The van der Waals surface area contributed by atoms with E-state index in [1.54, 1.807) is 13.8 Å². The fourth-order valence-corrected chi connectivity index (χ4v) is 11.3. The van der Waals surface area contributed by atoms with Crippen LogP contribution in [0.2, 0.25) is 0 Å². The Labute approximate surface area is 194 Å². The van der Waals surface area contributed by atoms with E-state index in [1.807, 2.05) is 0 Å². The zero-order chi connectivity index (χ0) is 23.5. The lowest BCUT2D eigenvalue weighted by molar-refractivity contribution is -0.305. The second-order valence-electron chi connectivity index (χ2n) is 13.0. The number of carbonyl (C=O) groups is 2. The first-order chi connectivity index (χ1) is 15.4. The van der Waals surface area contributed by atoms with Gasteiger partial charge in [-0.3, -0.25) is 14.5 Å². The second kappa shape index (κ2) is 5.52. The van der Waals surface area contributed by atoms with Crippen LogP contribution >= 0.6 is 0 Å². The Morgan fingerprint density at radius 1 is 1.18 bits per heavy atom. The molecule has 7 nitrogen and oxygen atoms in total. The van der Waals surface area contributed by atoms with Crippen molar-refractivity contribution in [3.05, 3.63) is 12.2 Å². The highest BCUT2D eigenvalue weighted by Crippen LogP contribution is 2.89. The Balaban J connectivity index is 1.48. The van der Waals surface area contributed by atoms with Crippen LogP contribution in [0.1, 0.15) is 59.8 Å². The van der Waals surface area contributed by atoms with Crippen LogP contribution in [0.25, 0.3) is 0 Å². The van der Waals surface area contributed by atoms with Gasteiger partial charge in [0.1, 0.15) is 23.5 Å². The van der Waals surface area contributed by atoms with Crippen molar-refractivity contribution >= 4 is 11.9 Å². The average molecular weight is 458 g/mol. The van der Waals surface area contributed by atoms with Crippen LogP contribution in [-0.4, -0.2) is 63.2 Å². The summed E-state index contributed by atoms with van der Waals surface area (Å²) >= 11 is 0. The molecular weight excluding hydrogens is 422 g/mol. The molecule has 33 heavy (non-hydrogen) atoms. The number of ether oxygens (including phenoxy) is 2. The first-order valence-electron chi connectivity index (χ1n) is 12.7. The molecule has 1 unspecified atom stereocenters. The number of rotatable bonds is 3. The van der Waals surface area contributed by atoms with Gasteiger partial charge >= 0.3 is 11.9 Å². The smallest absolute Gasteiger partial charge is 0.308 e. The minimum absolute atomic E-state index is 0.00629. The third kappa shape index (κ3) is 1.83. The van der Waals surface area contributed by atoms with Crippen molar-refractivity contribution < 1.29 is 29.3 Å². The summed E-state index contributed by atoms with van der Waals surface area (Å²) in [6, 6.07) is 0.111. The normalized spacial score (nSPS) is 60.6. The van der Waals surface area contributed by atoms with Crippen molar-refractivity contribution in [1.29, 1.82) is 0 Å². The molecule has 180 valence electrons. The standard InChI is InChI=1S/C26H35NO6/c1-12(2)20(29)33-18-13(3)25(30)9-15-17-23-8-6-7-22(5)11-27(17)26(31,21(22)23)10-24(15,18)16(23)19(25)32-14(4)28/h12,15-19,21,30-31H,3,6-11H2,1-2,4-5H3/t15-,16+,17-,18+,19-,21-,22+,23+,24-,25+,26-/m1/s1. The van der Waals surface area contributed by atoms with E-state index >= 15 is 0 Å². The van der Waals surface area contributed by atoms with Crippen molar-refractivity contribution in [2.24, 2.45) is 39.9 Å². The van der Waals surface area contributed by atoms with E-state index in [2.05, 4.69) is 18.4 Å². The SMILES string of the molecule is C=C1[C@H](OC(=O)C(C)C)[C@@]23C[C@@]4(O)[C@@H]5[C@@]6(C)CCC[C@@]57[C@@H]2[C@@H](OC(C)=O)[C@]1(O)C[C@@H]3[C@H]7N4C6. The van der Waals surface area contributed by atoms with Gasteiger partial charge in [0.15, 0.2) is 0 Å². The molecule has 7 heteroatoms. The minimum Gasteiger partial charge on any atom is -0.459 e. The molecule has 3 aliphatic heterocycles. The predicted octanol–water partition coefficient (Wildman–Crippen LogP) is 2.01. The lowest BCUT2D eigenvalue weighted by Gasteiger charge is -2.69. The highest BCUT2D eigenvalue weighted by molar-refractivity contribution is 5.72. The molecule has 2 N–H and O–H groups in total. The first kappa shape index (κ1) is 20.9. The van der Waals surface area contributed by atoms with Crippen molar-refractivity contribution in [2.45, 2.75) is 89.4 Å². The number of piperidine rings is 2. The molecule has 0 aromatic rings. The van der Waals surface area contributed by atoms with Gasteiger partial charge in [-0.15, -0.1) is 0 Å². The molecule has 9 aliphatic rings. The lowest BCUT2D eigenvalue weighted by atomic mass is 9.38. The van der Waals surface area contributed by atoms with Crippen LogP contribution < -0.4 is 0 Å². The van der Waals surface area contributed by atoms with E-state index in [9.17, 15) is 19.8 Å². The van der Waals surface area contributed by atoms with Crippen LogP contribution in [0.15, 0.2) is 12.2 Å². The Morgan fingerprint density at radius 2 is 1.91 bits per heavy atom. The third-order valence-corrected chi connectivity index (χ3v) is 11.4. The molecule has 0 radical (unpaired) electrons. The van der Waals surface area contributed by atoms with Gasteiger partial charge in [-0.05, 0) is 36.2 Å². The molecule has 2 spiro atoms. The van der Waals surface area contributed by atoms with Gasteiger partial charge < -0.3 is 19.7 Å². The molecule has 0 amide bonds. The summed E-state index contributed by atoms with van der Waals surface area (Å²) in [5.41, 5.74) is -2.74. The monoisotopic (exact) mass is 457 g/mol. The van der Waals surface area contributed by atoms with Gasteiger partial charge in [0.25, 0.3) is 0 Å². The highest BCUT2D eigenvalue weighted by Gasteiger charge is 2.95. The summed E-state index contributed by atoms with van der Waals surface area (Å²) in [6.45, 7) is 12.4. The van der Waals surface area contributed by atoms with E-state index in [0.29, 0.717) is 18.4 Å². The number of esters is 2. The van der Waals surface area contributed by atoms with Crippen molar-refractivity contribution in [2.75, 3.05) is 6.54 Å². The Morgan fingerprint density at radius 3 is 2.58 bits per heavy atom. The summed E-state index contributed by atoms with van der Waals surface area (Å²) in [4.78, 5) is 27.5. The Hall–Kier alpha value is -1.44. The van der Waals surface area contributed by atoms with E-state index in [0.717, 1.165) is 25.8 Å². The minimum atomic E-state index is -1.42. The molecule has 6 saturated carbocycles. The number of hydrogen-bond donors (Lipinski definition) is 2. The predicted molar refractivity (Wildman–Crippen MR) is 116 cm³/mol. The topological polar surface area (TPSA) is 96.3 Å². The quantitative estimate of drug-likeness (QED) is 0.494. The fraction of sp³-hybridized carbons (Fsp3) is 0.846. The zero-order valence-electron chi connectivity index (χ0n) is 20.0. The molecule has 0 aromatic carbocycles. The summed E-state index contributed by atoms with van der Waals surface area (Å²) < 4.78 is 12.2.